The highest BCUT2D eigenvalue weighted by Crippen LogP contribution is 2.51. The van der Waals surface area contributed by atoms with E-state index in [4.69, 9.17) is 9.47 Å². The van der Waals surface area contributed by atoms with Crippen LogP contribution in [0, 0.1) is 0 Å². The summed E-state index contributed by atoms with van der Waals surface area (Å²) in [5.41, 5.74) is 3.58. The number of carboxylic acid groups (broad SMARTS) is 1. The summed E-state index contributed by atoms with van der Waals surface area (Å²) in [6, 6.07) is 23.9. The van der Waals surface area contributed by atoms with Crippen molar-refractivity contribution >= 4 is 17.3 Å². The highest BCUT2D eigenvalue weighted by molar-refractivity contribution is 5.79. The fourth-order valence-corrected chi connectivity index (χ4v) is 4.39. The van der Waals surface area contributed by atoms with Gasteiger partial charge in [-0.25, -0.2) is 0 Å². The lowest BCUT2D eigenvalue weighted by Gasteiger charge is -2.33. The Hall–Kier alpha value is -3.47. The molecular formula is C26H27NO4. The van der Waals surface area contributed by atoms with Crippen LogP contribution in [0.25, 0.3) is 0 Å². The molecule has 5 nitrogen and oxygen atoms in total. The topological polar surface area (TPSA) is 59.0 Å². The third kappa shape index (κ3) is 3.96. The molecule has 160 valence electrons. The van der Waals surface area contributed by atoms with Gasteiger partial charge < -0.3 is 19.5 Å². The van der Waals surface area contributed by atoms with E-state index in [-0.39, 0.29) is 12.5 Å². The van der Waals surface area contributed by atoms with Crippen LogP contribution in [0.2, 0.25) is 0 Å². The second-order valence-corrected chi connectivity index (χ2v) is 8.19. The molecule has 0 saturated carbocycles. The summed E-state index contributed by atoms with van der Waals surface area (Å²) >= 11 is 0. The van der Waals surface area contributed by atoms with E-state index in [9.17, 15) is 9.90 Å². The van der Waals surface area contributed by atoms with Crippen LogP contribution < -0.4 is 14.4 Å². The van der Waals surface area contributed by atoms with Gasteiger partial charge in [0.25, 0.3) is 0 Å². The smallest absolute Gasteiger partial charge is 0.304 e. The van der Waals surface area contributed by atoms with Gasteiger partial charge in [-0.15, -0.1) is 0 Å². The predicted molar refractivity (Wildman–Crippen MR) is 121 cm³/mol. The summed E-state index contributed by atoms with van der Waals surface area (Å²) < 4.78 is 11.3. The number of carbonyl (C=O) groups is 1. The molecule has 0 fully saturated rings. The van der Waals surface area contributed by atoms with E-state index in [1.54, 1.807) is 7.11 Å². The molecule has 2 unspecified atom stereocenters. The van der Waals surface area contributed by atoms with Gasteiger partial charge in [0, 0.05) is 22.8 Å². The fraction of sp³-hybridized carbons (Fsp3) is 0.269. The first-order valence-electron chi connectivity index (χ1n) is 10.4. The van der Waals surface area contributed by atoms with Crippen molar-refractivity contribution < 1.29 is 19.4 Å². The highest BCUT2D eigenvalue weighted by atomic mass is 16.5. The van der Waals surface area contributed by atoms with Crippen molar-refractivity contribution in [2.24, 2.45) is 0 Å². The third-order valence-electron chi connectivity index (χ3n) is 6.27. The summed E-state index contributed by atoms with van der Waals surface area (Å²) in [5, 5.41) is 9.59. The number of rotatable bonds is 7. The number of aliphatic carboxylic acids is 1. The molecule has 5 heteroatoms. The van der Waals surface area contributed by atoms with Gasteiger partial charge in [0.2, 0.25) is 0 Å². The lowest BCUT2D eigenvalue weighted by atomic mass is 9.76. The van der Waals surface area contributed by atoms with Crippen LogP contribution in [-0.2, 0) is 16.8 Å². The van der Waals surface area contributed by atoms with Crippen LogP contribution in [0.5, 0.6) is 11.5 Å². The molecule has 0 aliphatic carbocycles. The Morgan fingerprint density at radius 3 is 2.35 bits per heavy atom. The van der Waals surface area contributed by atoms with Gasteiger partial charge in [-0.1, -0.05) is 37.3 Å². The van der Waals surface area contributed by atoms with Crippen LogP contribution in [0.15, 0.2) is 72.8 Å². The largest absolute Gasteiger partial charge is 0.497 e. The van der Waals surface area contributed by atoms with Crippen molar-refractivity contribution in [3.8, 4) is 11.5 Å². The highest BCUT2D eigenvalue weighted by Gasteiger charge is 2.47. The van der Waals surface area contributed by atoms with Gasteiger partial charge in [0.1, 0.15) is 18.1 Å². The summed E-state index contributed by atoms with van der Waals surface area (Å²) in [7, 11) is 1.63. The minimum Gasteiger partial charge on any atom is -0.497 e. The molecule has 1 aliphatic rings. The maximum atomic E-state index is 11.7. The molecule has 31 heavy (non-hydrogen) atoms. The Bertz CT molecular complexity index is 1060. The third-order valence-corrected chi connectivity index (χ3v) is 6.27. The number of hydrogen-bond donors (Lipinski definition) is 1. The first kappa shape index (κ1) is 20.8. The lowest BCUT2D eigenvalue weighted by molar-refractivity contribution is -0.138. The molecule has 0 amide bonds. The normalized spacial score (nSPS) is 19.7. The van der Waals surface area contributed by atoms with E-state index in [0.717, 1.165) is 34.0 Å². The molecular weight excluding hydrogens is 390 g/mol. The molecule has 0 saturated heterocycles. The Morgan fingerprint density at radius 1 is 1.03 bits per heavy atom. The summed E-state index contributed by atoms with van der Waals surface area (Å²) in [6.45, 7) is 4.61. The van der Waals surface area contributed by atoms with Crippen LogP contribution in [0.4, 0.5) is 11.4 Å². The van der Waals surface area contributed by atoms with E-state index in [1.165, 1.54) is 0 Å². The number of methoxy groups -OCH3 is 1. The maximum absolute atomic E-state index is 11.7. The van der Waals surface area contributed by atoms with E-state index < -0.39 is 11.4 Å². The monoisotopic (exact) mass is 417 g/mol. The number of benzene rings is 3. The van der Waals surface area contributed by atoms with Crippen LogP contribution in [0.3, 0.4) is 0 Å². The molecule has 2 atom stereocenters. The standard InChI is InChI=1S/C26H27NO4/c1-18-26(2,16-25(28)29)23-15-22(30-3)13-14-24(23)27(18)20-9-11-21(12-10-20)31-17-19-7-5-4-6-8-19/h4-15,18H,16-17H2,1-3H3,(H,28,29). The molecule has 3 aromatic carbocycles. The summed E-state index contributed by atoms with van der Waals surface area (Å²) in [5.74, 6) is 0.714. The molecule has 0 spiro atoms. The van der Waals surface area contributed by atoms with E-state index in [2.05, 4.69) is 11.8 Å². The van der Waals surface area contributed by atoms with Crippen molar-refractivity contribution in [3.05, 3.63) is 83.9 Å². The first-order valence-corrected chi connectivity index (χ1v) is 10.4. The number of anilines is 2. The molecule has 1 N–H and O–H groups in total. The molecule has 1 heterocycles. The van der Waals surface area contributed by atoms with Gasteiger partial charge in [0.15, 0.2) is 0 Å². The van der Waals surface area contributed by atoms with Crippen LogP contribution >= 0.6 is 0 Å². The zero-order valence-electron chi connectivity index (χ0n) is 18.0. The van der Waals surface area contributed by atoms with E-state index >= 15 is 0 Å². The molecule has 0 aromatic heterocycles. The van der Waals surface area contributed by atoms with Gasteiger partial charge >= 0.3 is 5.97 Å². The van der Waals surface area contributed by atoms with Crippen molar-refractivity contribution in [2.45, 2.75) is 38.3 Å². The second kappa shape index (κ2) is 8.34. The van der Waals surface area contributed by atoms with Crippen molar-refractivity contribution in [2.75, 3.05) is 12.0 Å². The fourth-order valence-electron chi connectivity index (χ4n) is 4.39. The van der Waals surface area contributed by atoms with E-state index in [1.807, 2.05) is 79.7 Å². The number of fused-ring (bicyclic) bond motifs is 1. The molecule has 4 rings (SSSR count). The molecule has 1 aliphatic heterocycles. The quantitative estimate of drug-likeness (QED) is 0.546. The van der Waals surface area contributed by atoms with Crippen LogP contribution in [-0.4, -0.2) is 24.2 Å². The second-order valence-electron chi connectivity index (χ2n) is 8.19. The molecule has 0 bridgehead atoms. The van der Waals surface area contributed by atoms with E-state index in [0.29, 0.717) is 6.61 Å². The Morgan fingerprint density at radius 2 is 1.71 bits per heavy atom. The lowest BCUT2D eigenvalue weighted by Crippen LogP contribution is -2.40. The Labute approximate surface area is 182 Å². The van der Waals surface area contributed by atoms with Gasteiger partial charge in [0.05, 0.1) is 13.5 Å². The van der Waals surface area contributed by atoms with Gasteiger partial charge in [-0.05, 0) is 60.5 Å². The Balaban J connectivity index is 1.62. The zero-order valence-corrected chi connectivity index (χ0v) is 18.0. The summed E-state index contributed by atoms with van der Waals surface area (Å²) in [6.07, 6.45) is 0.0447. The number of hydrogen-bond acceptors (Lipinski definition) is 4. The maximum Gasteiger partial charge on any atom is 0.304 e. The van der Waals surface area contributed by atoms with Gasteiger partial charge in [-0.2, -0.15) is 0 Å². The van der Waals surface area contributed by atoms with Crippen molar-refractivity contribution in [1.29, 1.82) is 0 Å². The average molecular weight is 418 g/mol. The number of ether oxygens (including phenoxy) is 2. The first-order chi connectivity index (χ1) is 14.9. The minimum absolute atomic E-state index is 0.0400. The number of nitrogens with zero attached hydrogens (tertiary/aromatic N) is 1. The van der Waals surface area contributed by atoms with Crippen LogP contribution in [0.1, 0.15) is 31.4 Å². The molecule has 3 aromatic rings. The summed E-state index contributed by atoms with van der Waals surface area (Å²) in [4.78, 5) is 13.9. The Kier molecular flexibility index (Phi) is 5.59. The average Bonchev–Trinajstić information content (AvgIpc) is 2.99. The SMILES string of the molecule is COc1ccc2c(c1)C(C)(CC(=O)O)C(C)N2c1ccc(OCc2ccccc2)cc1. The number of carboxylic acids is 1. The van der Waals surface area contributed by atoms with Crippen molar-refractivity contribution in [3.63, 3.8) is 0 Å². The van der Waals surface area contributed by atoms with Gasteiger partial charge in [-0.3, -0.25) is 4.79 Å². The predicted octanol–water partition coefficient (Wildman–Crippen LogP) is 5.55. The zero-order chi connectivity index (χ0) is 22.0. The molecule has 0 radical (unpaired) electrons. The minimum atomic E-state index is -0.811. The van der Waals surface area contributed by atoms with Crippen molar-refractivity contribution in [1.82, 2.24) is 0 Å².